The van der Waals surface area contributed by atoms with E-state index in [2.05, 4.69) is 0 Å². The lowest BCUT2D eigenvalue weighted by Gasteiger charge is -2.37. The molecule has 1 saturated heterocycles. The summed E-state index contributed by atoms with van der Waals surface area (Å²) in [6.07, 6.45) is 0.754. The summed E-state index contributed by atoms with van der Waals surface area (Å²) in [4.78, 5) is 13.2. The van der Waals surface area contributed by atoms with Gasteiger partial charge in [0.2, 0.25) is 0 Å². The van der Waals surface area contributed by atoms with E-state index in [1.165, 1.54) is 0 Å². The Kier molecular flexibility index (Phi) is 4.39. The van der Waals surface area contributed by atoms with E-state index in [-0.39, 0.29) is 18.4 Å². The van der Waals surface area contributed by atoms with Gasteiger partial charge in [0, 0.05) is 12.6 Å². The van der Waals surface area contributed by atoms with Crippen molar-refractivity contribution in [1.82, 2.24) is 4.90 Å². The van der Waals surface area contributed by atoms with Gasteiger partial charge in [-0.05, 0) is 31.0 Å². The van der Waals surface area contributed by atoms with Crippen LogP contribution < -0.4 is 0 Å². The van der Waals surface area contributed by atoms with E-state index in [9.17, 15) is 15.0 Å². The predicted octanol–water partition coefficient (Wildman–Crippen LogP) is 1.11. The Balaban J connectivity index is 2.03. The van der Waals surface area contributed by atoms with E-state index in [1.807, 2.05) is 24.0 Å². The molecule has 1 heterocycles. The number of rotatable bonds is 4. The Bertz CT molecular complexity index is 432. The number of hydrogen-bond acceptors (Lipinski definition) is 4. The molecule has 104 valence electrons. The van der Waals surface area contributed by atoms with Crippen molar-refractivity contribution >= 4 is 5.97 Å². The molecule has 2 atom stereocenters. The first-order chi connectivity index (χ1) is 9.08. The lowest BCUT2D eigenvalue weighted by Crippen LogP contribution is -2.54. The first-order valence-electron chi connectivity index (χ1n) is 6.42. The first-order valence-corrected chi connectivity index (χ1v) is 6.42. The molecule has 5 nitrogen and oxygen atoms in total. The monoisotopic (exact) mass is 265 g/mol. The molecule has 0 saturated carbocycles. The number of aromatic hydroxyl groups is 1. The van der Waals surface area contributed by atoms with Crippen LogP contribution in [0.3, 0.4) is 0 Å². The van der Waals surface area contributed by atoms with Crippen LogP contribution >= 0.6 is 0 Å². The fourth-order valence-electron chi connectivity index (χ4n) is 2.45. The van der Waals surface area contributed by atoms with Crippen LogP contribution in [0.4, 0.5) is 0 Å². The van der Waals surface area contributed by atoms with Gasteiger partial charge < -0.3 is 14.9 Å². The molecule has 0 spiro atoms. The lowest BCUT2D eigenvalue weighted by molar-refractivity contribution is -0.151. The van der Waals surface area contributed by atoms with Crippen LogP contribution in [0.2, 0.25) is 0 Å². The number of benzene rings is 1. The van der Waals surface area contributed by atoms with Crippen molar-refractivity contribution in [3.8, 4) is 5.75 Å². The second-order valence-electron chi connectivity index (χ2n) is 4.89. The molecule has 1 aliphatic rings. The van der Waals surface area contributed by atoms with Crippen LogP contribution in [-0.4, -0.2) is 52.9 Å². The predicted molar refractivity (Wildman–Crippen MR) is 70.2 cm³/mol. The summed E-state index contributed by atoms with van der Waals surface area (Å²) in [5, 5.41) is 18.5. The molecule has 1 fully saturated rings. The van der Waals surface area contributed by atoms with Crippen molar-refractivity contribution in [1.29, 1.82) is 0 Å². The van der Waals surface area contributed by atoms with Gasteiger partial charge in [0.25, 0.3) is 0 Å². The molecular weight excluding hydrogens is 246 g/mol. The van der Waals surface area contributed by atoms with Crippen molar-refractivity contribution < 1.29 is 19.7 Å². The highest BCUT2D eigenvalue weighted by Crippen LogP contribution is 2.17. The number of carbonyl (C=O) groups is 1. The summed E-state index contributed by atoms with van der Waals surface area (Å²) in [5.74, 6) is -0.594. The van der Waals surface area contributed by atoms with Gasteiger partial charge in [-0.25, -0.2) is 0 Å². The third-order valence-electron chi connectivity index (χ3n) is 3.49. The maximum Gasteiger partial charge on any atom is 0.323 e. The van der Waals surface area contributed by atoms with Crippen LogP contribution in [0.5, 0.6) is 5.75 Å². The molecular formula is C14H19NO4. The number of carboxylic acid groups (broad SMARTS) is 1. The van der Waals surface area contributed by atoms with Gasteiger partial charge in [0.1, 0.15) is 11.8 Å². The molecule has 2 rings (SSSR count). The Labute approximate surface area is 112 Å². The van der Waals surface area contributed by atoms with E-state index < -0.39 is 12.0 Å². The molecule has 1 aromatic carbocycles. The molecule has 2 unspecified atom stereocenters. The average molecular weight is 265 g/mol. The highest BCUT2D eigenvalue weighted by atomic mass is 16.5. The summed E-state index contributed by atoms with van der Waals surface area (Å²) < 4.78 is 5.23. The highest BCUT2D eigenvalue weighted by Gasteiger charge is 2.32. The van der Waals surface area contributed by atoms with Crippen LogP contribution in [0.1, 0.15) is 12.5 Å². The molecule has 0 bridgehead atoms. The summed E-state index contributed by atoms with van der Waals surface area (Å²) in [6, 6.07) is 6.58. The second-order valence-corrected chi connectivity index (χ2v) is 4.89. The Morgan fingerprint density at radius 2 is 2.16 bits per heavy atom. The number of phenols is 1. The first kappa shape index (κ1) is 13.8. The molecule has 0 aromatic heterocycles. The van der Waals surface area contributed by atoms with E-state index >= 15 is 0 Å². The maximum absolute atomic E-state index is 11.2. The van der Waals surface area contributed by atoms with E-state index in [0.29, 0.717) is 13.2 Å². The third kappa shape index (κ3) is 3.45. The zero-order valence-electron chi connectivity index (χ0n) is 11.0. The van der Waals surface area contributed by atoms with Crippen LogP contribution in [0.15, 0.2) is 24.3 Å². The van der Waals surface area contributed by atoms with Crippen molar-refractivity contribution in [3.63, 3.8) is 0 Å². The minimum Gasteiger partial charge on any atom is -0.508 e. The van der Waals surface area contributed by atoms with Gasteiger partial charge >= 0.3 is 5.97 Å². The zero-order chi connectivity index (χ0) is 13.8. The molecule has 1 aliphatic heterocycles. The van der Waals surface area contributed by atoms with Crippen molar-refractivity contribution in [2.24, 2.45) is 0 Å². The number of ether oxygens (including phenoxy) is 1. The van der Waals surface area contributed by atoms with Gasteiger partial charge in [0.15, 0.2) is 0 Å². The normalized spacial score (nSPS) is 22.1. The average Bonchev–Trinajstić information content (AvgIpc) is 2.41. The molecule has 0 radical (unpaired) electrons. The maximum atomic E-state index is 11.2. The summed E-state index contributed by atoms with van der Waals surface area (Å²) >= 11 is 0. The number of phenolic OH excluding ortho intramolecular Hbond substituents is 1. The van der Waals surface area contributed by atoms with Crippen molar-refractivity contribution in [2.45, 2.75) is 25.4 Å². The Hall–Kier alpha value is -1.59. The largest absolute Gasteiger partial charge is 0.508 e. The fourth-order valence-corrected chi connectivity index (χ4v) is 2.45. The number of aliphatic carboxylic acids is 1. The molecule has 0 amide bonds. The van der Waals surface area contributed by atoms with Gasteiger partial charge in [-0.3, -0.25) is 9.69 Å². The fraction of sp³-hybridized carbons (Fsp3) is 0.500. The van der Waals surface area contributed by atoms with E-state index in [4.69, 9.17) is 4.74 Å². The zero-order valence-corrected chi connectivity index (χ0v) is 11.0. The Morgan fingerprint density at radius 1 is 1.47 bits per heavy atom. The van der Waals surface area contributed by atoms with Gasteiger partial charge in [0.05, 0.1) is 13.2 Å². The van der Waals surface area contributed by atoms with E-state index in [1.54, 1.807) is 12.1 Å². The number of morpholine rings is 1. The van der Waals surface area contributed by atoms with E-state index in [0.717, 1.165) is 12.0 Å². The van der Waals surface area contributed by atoms with Crippen LogP contribution in [0.25, 0.3) is 0 Å². The molecule has 19 heavy (non-hydrogen) atoms. The van der Waals surface area contributed by atoms with Crippen LogP contribution in [0, 0.1) is 0 Å². The molecule has 1 aromatic rings. The summed E-state index contributed by atoms with van der Waals surface area (Å²) in [7, 11) is 0. The Morgan fingerprint density at radius 3 is 2.79 bits per heavy atom. The molecule has 5 heteroatoms. The lowest BCUT2D eigenvalue weighted by atomic mass is 10.0. The van der Waals surface area contributed by atoms with Gasteiger partial charge in [-0.15, -0.1) is 0 Å². The quantitative estimate of drug-likeness (QED) is 0.853. The van der Waals surface area contributed by atoms with Gasteiger partial charge in [-0.1, -0.05) is 12.1 Å². The van der Waals surface area contributed by atoms with Crippen molar-refractivity contribution in [3.05, 3.63) is 29.8 Å². The standard InChI is InChI=1S/C14H19NO4/c1-10(8-11-2-4-12(16)5-3-11)15-6-7-19-9-13(15)14(17)18/h2-5,10,13,16H,6-9H2,1H3,(H,17,18). The number of nitrogens with zero attached hydrogens (tertiary/aromatic N) is 1. The smallest absolute Gasteiger partial charge is 0.323 e. The molecule has 0 aliphatic carbocycles. The topological polar surface area (TPSA) is 70.0 Å². The van der Waals surface area contributed by atoms with Crippen LogP contribution in [-0.2, 0) is 16.0 Å². The van der Waals surface area contributed by atoms with Gasteiger partial charge in [-0.2, -0.15) is 0 Å². The minimum absolute atomic E-state index is 0.120. The third-order valence-corrected chi connectivity index (χ3v) is 3.49. The summed E-state index contributed by atoms with van der Waals surface area (Å²) in [6.45, 7) is 3.48. The minimum atomic E-state index is -0.836. The SMILES string of the molecule is CC(Cc1ccc(O)cc1)N1CCOCC1C(=O)O. The molecule has 2 N–H and O–H groups in total. The highest BCUT2D eigenvalue weighted by molar-refractivity contribution is 5.73. The number of carboxylic acids is 1. The van der Waals surface area contributed by atoms with Crippen molar-refractivity contribution in [2.75, 3.05) is 19.8 Å². The summed E-state index contributed by atoms with van der Waals surface area (Å²) in [5.41, 5.74) is 1.08. The number of hydrogen-bond donors (Lipinski definition) is 2. The second kappa shape index (κ2) is 6.04.